The van der Waals surface area contributed by atoms with Gasteiger partial charge in [0.05, 0.1) is 32.2 Å². The van der Waals surface area contributed by atoms with E-state index in [0.29, 0.717) is 17.2 Å². The smallest absolute Gasteiger partial charge is 0.241 e. The summed E-state index contributed by atoms with van der Waals surface area (Å²) in [5.41, 5.74) is 1.29. The Morgan fingerprint density at radius 1 is 1.07 bits per heavy atom. The van der Waals surface area contributed by atoms with Crippen molar-refractivity contribution >= 4 is 21.6 Å². The van der Waals surface area contributed by atoms with Gasteiger partial charge in [-0.25, -0.2) is 8.42 Å². The fourth-order valence-corrected chi connectivity index (χ4v) is 3.65. The Morgan fingerprint density at radius 3 is 2.33 bits per heavy atom. The van der Waals surface area contributed by atoms with Crippen LogP contribution in [0.25, 0.3) is 0 Å². The van der Waals surface area contributed by atoms with Gasteiger partial charge in [-0.15, -0.1) is 0 Å². The molecule has 164 valence electrons. The van der Waals surface area contributed by atoms with Crippen molar-refractivity contribution in [1.29, 1.82) is 0 Å². The Morgan fingerprint density at radius 2 is 1.73 bits per heavy atom. The molecule has 0 aromatic heterocycles. The number of benzene rings is 2. The van der Waals surface area contributed by atoms with Crippen LogP contribution in [0.4, 0.5) is 5.69 Å². The highest BCUT2D eigenvalue weighted by molar-refractivity contribution is 7.92. The number of aryl methyl sites for hydroxylation is 1. The van der Waals surface area contributed by atoms with Gasteiger partial charge < -0.3 is 19.5 Å². The number of methoxy groups -OCH3 is 2. The fraction of sp³-hybridized carbons (Fsp3) is 0.381. The number of rotatable bonds is 10. The molecule has 0 saturated heterocycles. The molecule has 30 heavy (non-hydrogen) atoms. The third kappa shape index (κ3) is 6.28. The lowest BCUT2D eigenvalue weighted by molar-refractivity contribution is -0.120. The summed E-state index contributed by atoms with van der Waals surface area (Å²) in [7, 11) is -0.770. The topological polar surface area (TPSA) is 94.2 Å². The van der Waals surface area contributed by atoms with E-state index in [0.717, 1.165) is 21.9 Å². The van der Waals surface area contributed by atoms with E-state index in [-0.39, 0.29) is 19.2 Å². The van der Waals surface area contributed by atoms with E-state index in [9.17, 15) is 13.2 Å². The lowest BCUT2D eigenvalue weighted by atomic mass is 10.2. The van der Waals surface area contributed by atoms with Crippen molar-refractivity contribution in [3.63, 3.8) is 0 Å². The third-order valence-electron chi connectivity index (χ3n) is 4.33. The van der Waals surface area contributed by atoms with Crippen LogP contribution >= 0.6 is 0 Å². The third-order valence-corrected chi connectivity index (χ3v) is 5.47. The van der Waals surface area contributed by atoms with Crippen molar-refractivity contribution in [3.8, 4) is 17.2 Å². The van der Waals surface area contributed by atoms with E-state index < -0.39 is 15.9 Å². The highest BCUT2D eigenvalue weighted by atomic mass is 32.2. The molecule has 1 atom stereocenters. The van der Waals surface area contributed by atoms with Crippen LogP contribution in [0.5, 0.6) is 17.2 Å². The number of amides is 1. The predicted octanol–water partition coefficient (Wildman–Crippen LogP) is 2.36. The van der Waals surface area contributed by atoms with Crippen molar-refractivity contribution in [2.75, 3.05) is 37.9 Å². The maximum absolute atomic E-state index is 12.5. The maximum atomic E-state index is 12.5. The average molecular weight is 437 g/mol. The number of carbonyl (C=O) groups excluding carboxylic acids is 1. The molecule has 2 rings (SSSR count). The molecule has 0 heterocycles. The van der Waals surface area contributed by atoms with Gasteiger partial charge in [0.15, 0.2) is 11.5 Å². The number of hydrogen-bond donors (Lipinski definition) is 1. The molecule has 0 spiro atoms. The monoisotopic (exact) mass is 436 g/mol. The van der Waals surface area contributed by atoms with Crippen molar-refractivity contribution in [2.24, 2.45) is 0 Å². The second-order valence-corrected chi connectivity index (χ2v) is 8.76. The molecule has 0 unspecified atom stereocenters. The lowest BCUT2D eigenvalue weighted by Crippen LogP contribution is -2.44. The summed E-state index contributed by atoms with van der Waals surface area (Å²) in [6.45, 7) is 3.61. The number of sulfonamides is 1. The molecular formula is C21H28N2O6S. The summed E-state index contributed by atoms with van der Waals surface area (Å²) in [6.07, 6.45) is 1.04. The van der Waals surface area contributed by atoms with Crippen LogP contribution in [-0.2, 0) is 14.8 Å². The van der Waals surface area contributed by atoms with Gasteiger partial charge in [-0.3, -0.25) is 9.10 Å². The number of hydrogen-bond acceptors (Lipinski definition) is 6. The highest BCUT2D eigenvalue weighted by Gasteiger charge is 2.23. The first-order valence-electron chi connectivity index (χ1n) is 9.33. The maximum Gasteiger partial charge on any atom is 0.241 e. The van der Waals surface area contributed by atoms with Crippen LogP contribution < -0.4 is 23.8 Å². The molecule has 0 radical (unpaired) electrons. The summed E-state index contributed by atoms with van der Waals surface area (Å²) in [4.78, 5) is 12.5. The van der Waals surface area contributed by atoms with Gasteiger partial charge in [-0.05, 0) is 37.6 Å². The normalized spacial score (nSPS) is 12.0. The zero-order chi connectivity index (χ0) is 22.3. The van der Waals surface area contributed by atoms with Gasteiger partial charge in [0.1, 0.15) is 18.9 Å². The minimum Gasteiger partial charge on any atom is -0.493 e. The second-order valence-electron chi connectivity index (χ2n) is 6.85. The van der Waals surface area contributed by atoms with Gasteiger partial charge in [0.2, 0.25) is 15.9 Å². The first kappa shape index (κ1) is 23.3. The zero-order valence-electron chi connectivity index (χ0n) is 17.8. The van der Waals surface area contributed by atoms with Crippen molar-refractivity contribution in [1.82, 2.24) is 5.32 Å². The van der Waals surface area contributed by atoms with Crippen LogP contribution in [0.1, 0.15) is 12.5 Å². The number of nitrogens with zero attached hydrogens (tertiary/aromatic N) is 1. The molecule has 1 amide bonds. The van der Waals surface area contributed by atoms with Crippen LogP contribution in [0, 0.1) is 6.92 Å². The zero-order valence-corrected chi connectivity index (χ0v) is 18.7. The van der Waals surface area contributed by atoms with E-state index in [1.165, 1.54) is 20.3 Å². The molecule has 0 aliphatic rings. The standard InChI is InChI=1S/C21H28N2O6S/c1-15-8-6-7-9-18(15)29-14-16(2)22-21(24)13-23(30(5,25)26)17-10-11-19(27-3)20(12-17)28-4/h6-12,16H,13-14H2,1-5H3,(H,22,24)/t16-/m0/s1. The number of ether oxygens (including phenoxy) is 3. The molecular weight excluding hydrogens is 408 g/mol. The van der Waals surface area contributed by atoms with Crippen molar-refractivity contribution in [2.45, 2.75) is 19.9 Å². The Kier molecular flexibility index (Phi) is 7.93. The quantitative estimate of drug-likeness (QED) is 0.615. The first-order valence-corrected chi connectivity index (χ1v) is 11.2. The van der Waals surface area contributed by atoms with E-state index in [2.05, 4.69) is 5.32 Å². The van der Waals surface area contributed by atoms with Gasteiger partial charge in [-0.1, -0.05) is 18.2 Å². The molecule has 8 nitrogen and oxygen atoms in total. The number of para-hydroxylation sites is 1. The van der Waals surface area contributed by atoms with Crippen LogP contribution in [0.3, 0.4) is 0 Å². The van der Waals surface area contributed by atoms with Gasteiger partial charge >= 0.3 is 0 Å². The van der Waals surface area contributed by atoms with Gasteiger partial charge in [0, 0.05) is 6.07 Å². The molecule has 9 heteroatoms. The minimum absolute atomic E-state index is 0.256. The molecule has 2 aromatic carbocycles. The summed E-state index contributed by atoms with van der Waals surface area (Å²) in [5.74, 6) is 1.11. The van der Waals surface area contributed by atoms with Gasteiger partial charge in [0.25, 0.3) is 0 Å². The van der Waals surface area contributed by atoms with Crippen LogP contribution in [-0.4, -0.2) is 54.0 Å². The predicted molar refractivity (Wildman–Crippen MR) is 116 cm³/mol. The summed E-state index contributed by atoms with van der Waals surface area (Å²) in [6, 6.07) is 11.9. The largest absolute Gasteiger partial charge is 0.493 e. The Balaban J connectivity index is 2.06. The van der Waals surface area contributed by atoms with Crippen molar-refractivity contribution in [3.05, 3.63) is 48.0 Å². The lowest BCUT2D eigenvalue weighted by Gasteiger charge is -2.24. The summed E-state index contributed by atoms with van der Waals surface area (Å²) < 4.78 is 41.8. The number of anilines is 1. The molecule has 2 aromatic rings. The van der Waals surface area contributed by atoms with Gasteiger partial charge in [-0.2, -0.15) is 0 Å². The molecule has 1 N–H and O–H groups in total. The van der Waals surface area contributed by atoms with E-state index in [1.54, 1.807) is 19.1 Å². The second kappa shape index (κ2) is 10.2. The minimum atomic E-state index is -3.71. The molecule has 0 bridgehead atoms. The summed E-state index contributed by atoms with van der Waals surface area (Å²) in [5, 5.41) is 2.77. The fourth-order valence-electron chi connectivity index (χ4n) is 2.81. The Labute approximate surface area is 177 Å². The molecule has 0 aliphatic carbocycles. The summed E-state index contributed by atoms with van der Waals surface area (Å²) >= 11 is 0. The molecule has 0 fully saturated rings. The van der Waals surface area contributed by atoms with Crippen LogP contribution in [0.2, 0.25) is 0 Å². The van der Waals surface area contributed by atoms with E-state index in [1.807, 2.05) is 31.2 Å². The average Bonchev–Trinajstić information content (AvgIpc) is 2.70. The molecule has 0 aliphatic heterocycles. The highest BCUT2D eigenvalue weighted by Crippen LogP contribution is 2.32. The van der Waals surface area contributed by atoms with Crippen molar-refractivity contribution < 1.29 is 27.4 Å². The first-order chi connectivity index (χ1) is 14.2. The Bertz CT molecular complexity index is 977. The van der Waals surface area contributed by atoms with E-state index in [4.69, 9.17) is 14.2 Å². The number of nitrogens with one attached hydrogen (secondary N) is 1. The van der Waals surface area contributed by atoms with E-state index >= 15 is 0 Å². The Hall–Kier alpha value is -2.94. The molecule has 0 saturated carbocycles. The van der Waals surface area contributed by atoms with Crippen LogP contribution in [0.15, 0.2) is 42.5 Å². The SMILES string of the molecule is COc1ccc(N(CC(=O)N[C@@H](C)COc2ccccc2C)S(C)(=O)=O)cc1OC. The number of carbonyl (C=O) groups is 1.